The van der Waals surface area contributed by atoms with Crippen LogP contribution in [0.5, 0.6) is 0 Å². The van der Waals surface area contributed by atoms with Crippen LogP contribution in [0.3, 0.4) is 0 Å². The van der Waals surface area contributed by atoms with Crippen molar-refractivity contribution in [2.75, 3.05) is 6.54 Å². The molecule has 0 radical (unpaired) electrons. The van der Waals surface area contributed by atoms with E-state index >= 15 is 0 Å². The highest BCUT2D eigenvalue weighted by molar-refractivity contribution is 5.94. The van der Waals surface area contributed by atoms with Crippen molar-refractivity contribution >= 4 is 12.2 Å². The number of amidine groups is 1. The molecule has 1 aliphatic heterocycles. The SMILES string of the molecule is CCC(N)CCC(C)NC(C)N=CNC1=NCCC1C. The van der Waals surface area contributed by atoms with E-state index in [1.54, 1.807) is 6.34 Å². The number of aliphatic imine (C=N–C) groups is 2. The zero-order chi connectivity index (χ0) is 15.0. The summed E-state index contributed by atoms with van der Waals surface area (Å²) in [6.07, 6.45) is 6.21. The second kappa shape index (κ2) is 9.08. The third-order valence-corrected chi connectivity index (χ3v) is 3.84. The molecular formula is C15H31N5. The van der Waals surface area contributed by atoms with E-state index in [4.69, 9.17) is 5.73 Å². The highest BCUT2D eigenvalue weighted by Gasteiger charge is 2.14. The van der Waals surface area contributed by atoms with Gasteiger partial charge in [0.05, 0.1) is 12.5 Å². The number of hydrogen-bond acceptors (Lipinski definition) is 4. The van der Waals surface area contributed by atoms with Crippen LogP contribution < -0.4 is 16.4 Å². The molecule has 5 heteroatoms. The summed E-state index contributed by atoms with van der Waals surface area (Å²) in [6, 6.07) is 0.754. The average molecular weight is 281 g/mol. The van der Waals surface area contributed by atoms with E-state index in [9.17, 15) is 0 Å². The minimum absolute atomic E-state index is 0.104. The highest BCUT2D eigenvalue weighted by atomic mass is 15.1. The molecule has 0 fully saturated rings. The van der Waals surface area contributed by atoms with Crippen LogP contribution in [-0.4, -0.2) is 37.0 Å². The van der Waals surface area contributed by atoms with Crippen molar-refractivity contribution in [2.45, 2.75) is 71.6 Å². The highest BCUT2D eigenvalue weighted by Crippen LogP contribution is 2.10. The molecule has 4 atom stereocenters. The first-order chi connectivity index (χ1) is 9.52. The first-order valence-electron chi connectivity index (χ1n) is 7.87. The van der Waals surface area contributed by atoms with Crippen molar-refractivity contribution in [3.05, 3.63) is 0 Å². The molecular weight excluding hydrogens is 250 g/mol. The zero-order valence-corrected chi connectivity index (χ0v) is 13.4. The second-order valence-corrected chi connectivity index (χ2v) is 5.87. The standard InChI is InChI=1S/C15H31N5/c1-5-14(16)7-6-12(3)20-13(4)18-10-19-15-11(2)8-9-17-15/h10-14,20H,5-9,16H2,1-4H3,(H,17,18,19). The van der Waals surface area contributed by atoms with Crippen LogP contribution in [-0.2, 0) is 0 Å². The Labute approximate surface area is 123 Å². The van der Waals surface area contributed by atoms with Crippen LogP contribution in [0.1, 0.15) is 53.4 Å². The maximum Gasteiger partial charge on any atom is 0.104 e. The van der Waals surface area contributed by atoms with Crippen LogP contribution in [0.25, 0.3) is 0 Å². The normalized spacial score (nSPS) is 23.6. The molecule has 0 bridgehead atoms. The summed E-state index contributed by atoms with van der Waals surface area (Å²) in [5.74, 6) is 1.59. The lowest BCUT2D eigenvalue weighted by Gasteiger charge is -2.18. The van der Waals surface area contributed by atoms with E-state index in [0.717, 1.165) is 38.1 Å². The van der Waals surface area contributed by atoms with Crippen molar-refractivity contribution in [1.82, 2.24) is 10.6 Å². The molecule has 4 N–H and O–H groups in total. The minimum Gasteiger partial charge on any atom is -0.335 e. The molecule has 5 nitrogen and oxygen atoms in total. The second-order valence-electron chi connectivity index (χ2n) is 5.87. The Hall–Kier alpha value is -0.940. The Morgan fingerprint density at radius 1 is 1.45 bits per heavy atom. The molecule has 4 unspecified atom stereocenters. The Bertz CT molecular complexity index is 326. The molecule has 1 heterocycles. The van der Waals surface area contributed by atoms with E-state index in [2.05, 4.69) is 48.3 Å². The number of nitrogens with two attached hydrogens (primary N) is 1. The van der Waals surface area contributed by atoms with Crippen molar-refractivity contribution in [2.24, 2.45) is 21.6 Å². The summed E-state index contributed by atoms with van der Waals surface area (Å²) in [5.41, 5.74) is 5.93. The van der Waals surface area contributed by atoms with Crippen LogP contribution in [0, 0.1) is 5.92 Å². The van der Waals surface area contributed by atoms with Gasteiger partial charge in [-0.2, -0.15) is 0 Å². The third-order valence-electron chi connectivity index (χ3n) is 3.84. The quantitative estimate of drug-likeness (QED) is 0.470. The number of nitrogens with one attached hydrogen (secondary N) is 2. The predicted molar refractivity (Wildman–Crippen MR) is 87.3 cm³/mol. The molecule has 0 amide bonds. The Kier molecular flexibility index (Phi) is 7.77. The Morgan fingerprint density at radius 3 is 2.80 bits per heavy atom. The smallest absolute Gasteiger partial charge is 0.104 e. The summed E-state index contributed by atoms with van der Waals surface area (Å²) < 4.78 is 0. The molecule has 0 aromatic carbocycles. The molecule has 0 aromatic heterocycles. The van der Waals surface area contributed by atoms with E-state index < -0.39 is 0 Å². The number of hydrogen-bond donors (Lipinski definition) is 3. The summed E-state index contributed by atoms with van der Waals surface area (Å²) >= 11 is 0. The topological polar surface area (TPSA) is 74.8 Å². The van der Waals surface area contributed by atoms with Crippen LogP contribution in [0.4, 0.5) is 0 Å². The van der Waals surface area contributed by atoms with Gasteiger partial charge in [0.2, 0.25) is 0 Å². The molecule has 0 saturated heterocycles. The first-order valence-corrected chi connectivity index (χ1v) is 7.87. The fraction of sp³-hybridized carbons (Fsp3) is 0.867. The molecule has 0 aliphatic carbocycles. The molecule has 0 aromatic rings. The monoisotopic (exact) mass is 281 g/mol. The lowest BCUT2D eigenvalue weighted by atomic mass is 10.1. The molecule has 0 spiro atoms. The summed E-state index contributed by atoms with van der Waals surface area (Å²) in [4.78, 5) is 8.86. The zero-order valence-electron chi connectivity index (χ0n) is 13.4. The van der Waals surface area contributed by atoms with Crippen molar-refractivity contribution < 1.29 is 0 Å². The lowest BCUT2D eigenvalue weighted by Crippen LogP contribution is -2.35. The van der Waals surface area contributed by atoms with Crippen molar-refractivity contribution in [3.8, 4) is 0 Å². The van der Waals surface area contributed by atoms with Crippen LogP contribution >= 0.6 is 0 Å². The number of nitrogens with zero attached hydrogens (tertiary/aromatic N) is 2. The van der Waals surface area contributed by atoms with Gasteiger partial charge in [-0.25, -0.2) is 0 Å². The van der Waals surface area contributed by atoms with Crippen LogP contribution in [0.15, 0.2) is 9.98 Å². The van der Waals surface area contributed by atoms with Gasteiger partial charge in [0.25, 0.3) is 0 Å². The molecule has 1 rings (SSSR count). The van der Waals surface area contributed by atoms with Gasteiger partial charge in [0.15, 0.2) is 0 Å². The molecule has 1 aliphatic rings. The molecule has 0 saturated carbocycles. The van der Waals surface area contributed by atoms with Gasteiger partial charge < -0.3 is 11.1 Å². The minimum atomic E-state index is 0.104. The van der Waals surface area contributed by atoms with Crippen LogP contribution in [0.2, 0.25) is 0 Å². The summed E-state index contributed by atoms with van der Waals surface area (Å²) in [6.45, 7) is 9.50. The van der Waals surface area contributed by atoms with Gasteiger partial charge in [0.1, 0.15) is 5.84 Å². The van der Waals surface area contributed by atoms with E-state index in [-0.39, 0.29) is 6.17 Å². The van der Waals surface area contributed by atoms with Gasteiger partial charge in [-0.15, -0.1) is 0 Å². The van der Waals surface area contributed by atoms with Crippen molar-refractivity contribution in [3.63, 3.8) is 0 Å². The maximum atomic E-state index is 5.93. The van der Waals surface area contributed by atoms with Gasteiger partial charge in [-0.05, 0) is 39.5 Å². The largest absolute Gasteiger partial charge is 0.335 e. The Balaban J connectivity index is 2.20. The third kappa shape index (κ3) is 6.48. The molecule has 20 heavy (non-hydrogen) atoms. The van der Waals surface area contributed by atoms with E-state index in [1.807, 2.05) is 0 Å². The maximum absolute atomic E-state index is 5.93. The first kappa shape index (κ1) is 17.1. The van der Waals surface area contributed by atoms with Gasteiger partial charge >= 0.3 is 0 Å². The lowest BCUT2D eigenvalue weighted by molar-refractivity contribution is 0.425. The van der Waals surface area contributed by atoms with Crippen molar-refractivity contribution in [1.29, 1.82) is 0 Å². The molecule has 116 valence electrons. The predicted octanol–water partition coefficient (Wildman–Crippen LogP) is 1.88. The number of rotatable bonds is 8. The van der Waals surface area contributed by atoms with Gasteiger partial charge in [-0.1, -0.05) is 13.8 Å². The summed E-state index contributed by atoms with van der Waals surface area (Å²) in [7, 11) is 0. The van der Waals surface area contributed by atoms with Gasteiger partial charge in [-0.3, -0.25) is 15.3 Å². The average Bonchev–Trinajstić information content (AvgIpc) is 2.81. The fourth-order valence-corrected chi connectivity index (χ4v) is 2.28. The van der Waals surface area contributed by atoms with E-state index in [1.165, 1.54) is 0 Å². The summed E-state index contributed by atoms with van der Waals surface area (Å²) in [5, 5.41) is 6.66. The fourth-order valence-electron chi connectivity index (χ4n) is 2.28. The van der Waals surface area contributed by atoms with E-state index in [0.29, 0.717) is 18.0 Å². The van der Waals surface area contributed by atoms with Gasteiger partial charge in [0, 0.05) is 24.5 Å². The Morgan fingerprint density at radius 2 is 2.20 bits per heavy atom.